The van der Waals surface area contributed by atoms with Crippen LogP contribution in [0.3, 0.4) is 0 Å². The van der Waals surface area contributed by atoms with Gasteiger partial charge in [-0.2, -0.15) is 0 Å². The van der Waals surface area contributed by atoms with Crippen LogP contribution in [0.5, 0.6) is 0 Å². The van der Waals surface area contributed by atoms with Crippen molar-refractivity contribution in [3.05, 3.63) is 76.2 Å². The lowest BCUT2D eigenvalue weighted by Crippen LogP contribution is -2.24. The number of hydrogen-bond acceptors (Lipinski definition) is 5. The third kappa shape index (κ3) is 4.36. The first kappa shape index (κ1) is 22.0. The van der Waals surface area contributed by atoms with E-state index in [9.17, 15) is 14.4 Å². The number of aryl methyl sites for hydroxylation is 2. The molecule has 1 N–H and O–H groups in total. The molecule has 4 aromatic rings. The molecule has 1 fully saturated rings. The van der Waals surface area contributed by atoms with E-state index in [1.54, 1.807) is 17.0 Å². The average molecular weight is 473 g/mol. The maximum absolute atomic E-state index is 13.2. The summed E-state index contributed by atoms with van der Waals surface area (Å²) in [6, 6.07) is 15.3. The van der Waals surface area contributed by atoms with Gasteiger partial charge in [0.1, 0.15) is 4.83 Å². The first-order valence-electron chi connectivity index (χ1n) is 11.2. The van der Waals surface area contributed by atoms with Crippen molar-refractivity contribution in [1.82, 2.24) is 9.55 Å². The molecule has 0 unspecified atom stereocenters. The van der Waals surface area contributed by atoms with Gasteiger partial charge < -0.3 is 10.2 Å². The Balaban J connectivity index is 1.30. The maximum Gasteiger partial charge on any atom is 0.262 e. The zero-order valence-electron chi connectivity index (χ0n) is 18.8. The molecule has 34 heavy (non-hydrogen) atoms. The van der Waals surface area contributed by atoms with E-state index in [1.165, 1.54) is 22.2 Å². The maximum atomic E-state index is 13.2. The highest BCUT2D eigenvalue weighted by atomic mass is 32.1. The Morgan fingerprint density at radius 1 is 1.15 bits per heavy atom. The van der Waals surface area contributed by atoms with Gasteiger partial charge in [0.15, 0.2) is 0 Å². The number of carbonyl (C=O) groups is 2. The van der Waals surface area contributed by atoms with Crippen LogP contribution in [0.25, 0.3) is 21.3 Å². The Labute approximate surface area is 200 Å². The van der Waals surface area contributed by atoms with Crippen LogP contribution in [0, 0.1) is 6.92 Å². The van der Waals surface area contributed by atoms with E-state index in [0.29, 0.717) is 28.9 Å². The second-order valence-electron chi connectivity index (χ2n) is 8.44. The van der Waals surface area contributed by atoms with Crippen molar-refractivity contribution in [2.24, 2.45) is 0 Å². The van der Waals surface area contributed by atoms with Gasteiger partial charge in [-0.3, -0.25) is 19.0 Å². The normalized spacial score (nSPS) is 13.6. The molecule has 0 aliphatic carbocycles. The third-order valence-electron chi connectivity index (χ3n) is 6.02. The van der Waals surface area contributed by atoms with Gasteiger partial charge in [-0.05, 0) is 37.1 Å². The van der Waals surface area contributed by atoms with Crippen molar-refractivity contribution in [2.75, 3.05) is 16.8 Å². The molecule has 1 aliphatic heterocycles. The van der Waals surface area contributed by atoms with Crippen molar-refractivity contribution in [1.29, 1.82) is 0 Å². The summed E-state index contributed by atoms with van der Waals surface area (Å²) in [6.45, 7) is 2.94. The summed E-state index contributed by atoms with van der Waals surface area (Å²) >= 11 is 1.44. The van der Waals surface area contributed by atoms with Crippen molar-refractivity contribution < 1.29 is 9.59 Å². The summed E-state index contributed by atoms with van der Waals surface area (Å²) in [7, 11) is 0. The highest BCUT2D eigenvalue weighted by molar-refractivity contribution is 7.17. The molecule has 0 saturated carbocycles. The van der Waals surface area contributed by atoms with Crippen LogP contribution in [0.2, 0.25) is 0 Å². The van der Waals surface area contributed by atoms with Crippen LogP contribution in [0.4, 0.5) is 11.4 Å². The number of thiophene rings is 1. The van der Waals surface area contributed by atoms with E-state index >= 15 is 0 Å². The highest BCUT2D eigenvalue weighted by Crippen LogP contribution is 2.30. The zero-order valence-corrected chi connectivity index (χ0v) is 19.6. The van der Waals surface area contributed by atoms with E-state index in [2.05, 4.69) is 10.3 Å². The first-order chi connectivity index (χ1) is 16.5. The number of nitrogens with zero attached hydrogens (tertiary/aromatic N) is 3. The summed E-state index contributed by atoms with van der Waals surface area (Å²) < 4.78 is 1.49. The molecule has 172 valence electrons. The Morgan fingerprint density at radius 3 is 2.74 bits per heavy atom. The van der Waals surface area contributed by atoms with E-state index < -0.39 is 0 Å². The predicted molar refractivity (Wildman–Crippen MR) is 135 cm³/mol. The van der Waals surface area contributed by atoms with Crippen LogP contribution in [-0.4, -0.2) is 27.9 Å². The largest absolute Gasteiger partial charge is 0.326 e. The Kier molecular flexibility index (Phi) is 5.98. The van der Waals surface area contributed by atoms with Gasteiger partial charge in [-0.25, -0.2) is 4.98 Å². The van der Waals surface area contributed by atoms with Gasteiger partial charge in [-0.15, -0.1) is 11.3 Å². The molecule has 3 heterocycles. The minimum atomic E-state index is -0.207. The minimum Gasteiger partial charge on any atom is -0.326 e. The monoisotopic (exact) mass is 472 g/mol. The summed E-state index contributed by atoms with van der Waals surface area (Å²) in [6.07, 6.45) is 3.04. The molecule has 7 nitrogen and oxygen atoms in total. The zero-order chi connectivity index (χ0) is 23.7. The standard InChI is InChI=1S/C26H24N4O3S/c1-17-7-9-18(10-8-17)21-15-34-25-24(21)26(33)29(16-27-25)13-11-22(31)28-19-4-2-5-20(14-19)30-12-3-6-23(30)32/h2,4-5,7-10,14-16H,3,6,11-13H2,1H3,(H,28,31). The lowest BCUT2D eigenvalue weighted by atomic mass is 10.1. The SMILES string of the molecule is Cc1ccc(-c2csc3ncn(CCC(=O)Nc4cccc(N5CCCC5=O)c4)c(=O)c23)cc1. The molecule has 0 atom stereocenters. The van der Waals surface area contributed by atoms with Crippen molar-refractivity contribution in [2.45, 2.75) is 32.7 Å². The Morgan fingerprint density at radius 2 is 1.97 bits per heavy atom. The van der Waals surface area contributed by atoms with Gasteiger partial charge in [0.25, 0.3) is 5.56 Å². The molecule has 0 bridgehead atoms. The molecule has 1 aliphatic rings. The van der Waals surface area contributed by atoms with E-state index in [0.717, 1.165) is 28.8 Å². The van der Waals surface area contributed by atoms with Crippen LogP contribution in [0.15, 0.2) is 65.0 Å². The second-order valence-corrected chi connectivity index (χ2v) is 9.29. The number of anilines is 2. The predicted octanol–water partition coefficient (Wildman–Crippen LogP) is 4.59. The van der Waals surface area contributed by atoms with Crippen LogP contribution in [-0.2, 0) is 16.1 Å². The molecular weight excluding hydrogens is 448 g/mol. The summed E-state index contributed by atoms with van der Waals surface area (Å²) in [5, 5.41) is 5.41. The third-order valence-corrected chi connectivity index (χ3v) is 6.90. The lowest BCUT2D eigenvalue weighted by molar-refractivity contribution is -0.117. The van der Waals surface area contributed by atoms with Gasteiger partial charge >= 0.3 is 0 Å². The smallest absolute Gasteiger partial charge is 0.262 e. The quantitative estimate of drug-likeness (QED) is 0.445. The van der Waals surface area contributed by atoms with Crippen LogP contribution < -0.4 is 15.8 Å². The van der Waals surface area contributed by atoms with Crippen molar-refractivity contribution >= 4 is 44.7 Å². The van der Waals surface area contributed by atoms with Gasteiger partial charge in [0.2, 0.25) is 11.8 Å². The van der Waals surface area contributed by atoms with Crippen molar-refractivity contribution in [3.63, 3.8) is 0 Å². The van der Waals surface area contributed by atoms with E-state index in [1.807, 2.05) is 48.7 Å². The number of rotatable bonds is 6. The number of fused-ring (bicyclic) bond motifs is 1. The van der Waals surface area contributed by atoms with E-state index in [-0.39, 0.29) is 30.3 Å². The van der Waals surface area contributed by atoms with Crippen LogP contribution in [0.1, 0.15) is 24.8 Å². The van der Waals surface area contributed by atoms with Gasteiger partial charge in [-0.1, -0.05) is 35.9 Å². The summed E-state index contributed by atoms with van der Waals surface area (Å²) in [5.74, 6) is -0.106. The fourth-order valence-corrected chi connectivity index (χ4v) is 5.10. The minimum absolute atomic E-state index is 0.101. The second kappa shape index (κ2) is 9.23. The molecule has 8 heteroatoms. The van der Waals surface area contributed by atoms with Gasteiger partial charge in [0.05, 0.1) is 11.7 Å². The average Bonchev–Trinajstić information content (AvgIpc) is 3.46. The number of hydrogen-bond donors (Lipinski definition) is 1. The summed E-state index contributed by atoms with van der Waals surface area (Å²) in [5.41, 5.74) is 4.26. The highest BCUT2D eigenvalue weighted by Gasteiger charge is 2.22. The van der Waals surface area contributed by atoms with Gasteiger partial charge in [0, 0.05) is 48.2 Å². The number of carbonyl (C=O) groups excluding carboxylic acids is 2. The topological polar surface area (TPSA) is 84.3 Å². The molecule has 0 radical (unpaired) electrons. The molecular formula is C26H24N4O3S. The molecule has 2 aromatic carbocycles. The fraction of sp³-hybridized carbons (Fsp3) is 0.231. The Bertz CT molecular complexity index is 1440. The first-order valence-corrected chi connectivity index (χ1v) is 12.1. The number of aromatic nitrogens is 2. The Hall–Kier alpha value is -3.78. The molecule has 0 spiro atoms. The fourth-order valence-electron chi connectivity index (χ4n) is 4.19. The van der Waals surface area contributed by atoms with E-state index in [4.69, 9.17) is 0 Å². The lowest BCUT2D eigenvalue weighted by Gasteiger charge is -2.16. The van der Waals surface area contributed by atoms with Crippen LogP contribution >= 0.6 is 11.3 Å². The molecule has 2 amide bonds. The number of amides is 2. The molecule has 1 saturated heterocycles. The number of benzene rings is 2. The number of nitrogens with one attached hydrogen (secondary N) is 1. The van der Waals surface area contributed by atoms with Crippen molar-refractivity contribution in [3.8, 4) is 11.1 Å². The molecule has 5 rings (SSSR count). The summed E-state index contributed by atoms with van der Waals surface area (Å²) in [4.78, 5) is 44.7. The molecule has 2 aromatic heterocycles.